The van der Waals surface area contributed by atoms with E-state index >= 15 is 0 Å². The zero-order valence-electron chi connectivity index (χ0n) is 10.8. The molecule has 0 bridgehead atoms. The molecule has 0 saturated heterocycles. The maximum absolute atomic E-state index is 10.5. The van der Waals surface area contributed by atoms with Gasteiger partial charge in [0.15, 0.2) is 5.82 Å². The first-order valence-electron chi connectivity index (χ1n) is 6.58. The van der Waals surface area contributed by atoms with Gasteiger partial charge in [0.2, 0.25) is 5.95 Å². The second-order valence-corrected chi connectivity index (χ2v) is 5.43. The quantitative estimate of drug-likeness (QED) is 0.383. The Morgan fingerprint density at radius 2 is 2.00 bits per heavy atom. The van der Waals surface area contributed by atoms with E-state index < -0.39 is 5.60 Å². The first-order valence-corrected chi connectivity index (χ1v) is 6.96. The summed E-state index contributed by atoms with van der Waals surface area (Å²) in [6.45, 7) is 0.438. The normalized spacial score (nSPS) is 18.7. The van der Waals surface area contributed by atoms with Crippen molar-refractivity contribution in [2.75, 3.05) is 17.3 Å². The second kappa shape index (κ2) is 6.36. The molecule has 6 nitrogen and oxygen atoms in total. The number of hydrogen-bond acceptors (Lipinski definition) is 6. The largest absolute Gasteiger partial charge is 0.388 e. The minimum Gasteiger partial charge on any atom is -0.388 e. The fourth-order valence-corrected chi connectivity index (χ4v) is 2.53. The van der Waals surface area contributed by atoms with Crippen molar-refractivity contribution in [3.63, 3.8) is 0 Å². The molecule has 7 heteroatoms. The Morgan fingerprint density at radius 3 is 2.63 bits per heavy atom. The van der Waals surface area contributed by atoms with Crippen molar-refractivity contribution in [2.45, 2.75) is 44.1 Å². The zero-order valence-corrected chi connectivity index (χ0v) is 11.6. The molecule has 1 fully saturated rings. The minimum absolute atomic E-state index is 0.291. The van der Waals surface area contributed by atoms with Gasteiger partial charge in [-0.1, -0.05) is 37.3 Å². The highest BCUT2D eigenvalue weighted by molar-refractivity contribution is 6.32. The second-order valence-electron chi connectivity index (χ2n) is 5.03. The fraction of sp³-hybridized carbons (Fsp3) is 0.667. The average Bonchev–Trinajstić information content (AvgIpc) is 2.63. The van der Waals surface area contributed by atoms with Crippen LogP contribution in [0.1, 0.15) is 38.5 Å². The number of nitrogens with two attached hydrogens (primary N) is 1. The number of halogens is 1. The first-order chi connectivity index (χ1) is 9.13. The number of anilines is 2. The summed E-state index contributed by atoms with van der Waals surface area (Å²) in [5.74, 6) is 6.04. The average molecular weight is 286 g/mol. The van der Waals surface area contributed by atoms with Crippen LogP contribution in [0, 0.1) is 0 Å². The number of aromatic nitrogens is 2. The summed E-state index contributed by atoms with van der Waals surface area (Å²) in [6.07, 6.45) is 7.60. The van der Waals surface area contributed by atoms with E-state index in [4.69, 9.17) is 17.4 Å². The van der Waals surface area contributed by atoms with Crippen molar-refractivity contribution in [1.82, 2.24) is 9.97 Å². The van der Waals surface area contributed by atoms with E-state index in [2.05, 4.69) is 20.7 Å². The van der Waals surface area contributed by atoms with E-state index in [1.807, 2.05) is 0 Å². The third kappa shape index (κ3) is 3.92. The Balaban J connectivity index is 2.00. The maximum Gasteiger partial charge on any atom is 0.239 e. The molecule has 1 saturated carbocycles. The van der Waals surface area contributed by atoms with Crippen molar-refractivity contribution in [3.8, 4) is 0 Å². The Kier molecular flexibility index (Phi) is 4.79. The van der Waals surface area contributed by atoms with Gasteiger partial charge in [0, 0.05) is 6.54 Å². The van der Waals surface area contributed by atoms with Crippen LogP contribution < -0.4 is 16.6 Å². The number of nitrogens with one attached hydrogen (secondary N) is 2. The van der Waals surface area contributed by atoms with Crippen molar-refractivity contribution < 1.29 is 5.11 Å². The van der Waals surface area contributed by atoms with E-state index in [0.717, 1.165) is 25.7 Å². The number of rotatable bonds is 4. The maximum atomic E-state index is 10.5. The van der Waals surface area contributed by atoms with Crippen LogP contribution in [0.5, 0.6) is 0 Å². The molecular weight excluding hydrogens is 266 g/mol. The molecule has 1 aliphatic rings. The summed E-state index contributed by atoms with van der Waals surface area (Å²) in [4.78, 5) is 8.03. The topological polar surface area (TPSA) is 96.1 Å². The lowest BCUT2D eigenvalue weighted by molar-refractivity contribution is 0.0380. The monoisotopic (exact) mass is 285 g/mol. The van der Waals surface area contributed by atoms with Gasteiger partial charge in [-0.15, -0.1) is 0 Å². The Hall–Kier alpha value is -1.11. The van der Waals surface area contributed by atoms with Crippen LogP contribution in [0.4, 0.5) is 11.8 Å². The molecule has 1 aliphatic carbocycles. The number of hydrogen-bond donors (Lipinski definition) is 4. The van der Waals surface area contributed by atoms with Gasteiger partial charge in [0.25, 0.3) is 0 Å². The van der Waals surface area contributed by atoms with E-state index in [1.165, 1.54) is 19.0 Å². The van der Waals surface area contributed by atoms with E-state index in [0.29, 0.717) is 23.3 Å². The van der Waals surface area contributed by atoms with Crippen LogP contribution >= 0.6 is 11.6 Å². The van der Waals surface area contributed by atoms with Crippen LogP contribution in [-0.2, 0) is 0 Å². The van der Waals surface area contributed by atoms with Crippen molar-refractivity contribution in [3.05, 3.63) is 11.2 Å². The van der Waals surface area contributed by atoms with Crippen LogP contribution in [0.3, 0.4) is 0 Å². The summed E-state index contributed by atoms with van der Waals surface area (Å²) >= 11 is 6.01. The van der Waals surface area contributed by atoms with Crippen molar-refractivity contribution >= 4 is 23.4 Å². The van der Waals surface area contributed by atoms with E-state index in [-0.39, 0.29) is 0 Å². The van der Waals surface area contributed by atoms with Gasteiger partial charge in [0.1, 0.15) is 5.02 Å². The lowest BCUT2D eigenvalue weighted by Crippen LogP contribution is -2.36. The molecule has 0 amide bonds. The molecule has 0 unspecified atom stereocenters. The number of hydrazine groups is 1. The molecule has 0 aliphatic heterocycles. The molecule has 106 valence electrons. The van der Waals surface area contributed by atoms with Crippen LogP contribution in [0.15, 0.2) is 6.20 Å². The third-order valence-electron chi connectivity index (χ3n) is 3.49. The SMILES string of the molecule is NNc1ncc(Cl)c(NCC2(O)CCCCCC2)n1. The van der Waals surface area contributed by atoms with Gasteiger partial charge < -0.3 is 10.4 Å². The zero-order chi connectivity index (χ0) is 13.7. The van der Waals surface area contributed by atoms with Gasteiger partial charge in [-0.3, -0.25) is 5.43 Å². The molecule has 19 heavy (non-hydrogen) atoms. The predicted octanol–water partition coefficient (Wildman–Crippen LogP) is 1.91. The van der Waals surface area contributed by atoms with E-state index in [9.17, 15) is 5.11 Å². The molecule has 0 spiro atoms. The smallest absolute Gasteiger partial charge is 0.239 e. The van der Waals surface area contributed by atoms with Gasteiger partial charge in [0.05, 0.1) is 11.8 Å². The summed E-state index contributed by atoms with van der Waals surface area (Å²) in [5, 5.41) is 14.1. The highest BCUT2D eigenvalue weighted by Crippen LogP contribution is 2.28. The van der Waals surface area contributed by atoms with Crippen LogP contribution in [-0.4, -0.2) is 27.2 Å². The molecule has 0 radical (unpaired) electrons. The standard InChI is InChI=1S/C12H20ClN5O/c13-9-7-15-11(18-14)17-10(9)16-8-12(19)5-3-1-2-4-6-12/h7,19H,1-6,8,14H2,(H2,15,16,17,18). The predicted molar refractivity (Wildman–Crippen MR) is 76.0 cm³/mol. The molecule has 0 atom stereocenters. The van der Waals surface area contributed by atoms with Crippen molar-refractivity contribution in [1.29, 1.82) is 0 Å². The van der Waals surface area contributed by atoms with Crippen LogP contribution in [0.25, 0.3) is 0 Å². The molecule has 2 rings (SSSR count). The number of nitrogens with zero attached hydrogens (tertiary/aromatic N) is 2. The Labute approximate surface area is 117 Å². The van der Waals surface area contributed by atoms with E-state index in [1.54, 1.807) is 0 Å². The van der Waals surface area contributed by atoms with Gasteiger partial charge in [-0.2, -0.15) is 4.98 Å². The number of aliphatic hydroxyl groups is 1. The molecule has 1 aromatic rings. The molecule has 1 aromatic heterocycles. The highest BCUT2D eigenvalue weighted by Gasteiger charge is 2.28. The van der Waals surface area contributed by atoms with Gasteiger partial charge >= 0.3 is 0 Å². The van der Waals surface area contributed by atoms with Gasteiger partial charge in [-0.25, -0.2) is 10.8 Å². The Morgan fingerprint density at radius 1 is 1.32 bits per heavy atom. The minimum atomic E-state index is -0.679. The molecule has 0 aromatic carbocycles. The lowest BCUT2D eigenvalue weighted by atomic mass is 9.94. The summed E-state index contributed by atoms with van der Waals surface area (Å²) in [5.41, 5.74) is 1.69. The van der Waals surface area contributed by atoms with Gasteiger partial charge in [-0.05, 0) is 12.8 Å². The van der Waals surface area contributed by atoms with Crippen LogP contribution in [0.2, 0.25) is 5.02 Å². The lowest BCUT2D eigenvalue weighted by Gasteiger charge is -2.27. The fourth-order valence-electron chi connectivity index (χ4n) is 2.37. The summed E-state index contributed by atoms with van der Waals surface area (Å²) in [7, 11) is 0. The Bertz CT molecular complexity index is 421. The number of nitrogen functional groups attached to an aromatic ring is 1. The highest BCUT2D eigenvalue weighted by atomic mass is 35.5. The molecule has 5 N–H and O–H groups in total. The summed E-state index contributed by atoms with van der Waals surface area (Å²) in [6, 6.07) is 0. The first kappa shape index (κ1) is 14.3. The van der Waals surface area contributed by atoms with Crippen molar-refractivity contribution in [2.24, 2.45) is 5.84 Å². The summed E-state index contributed by atoms with van der Waals surface area (Å²) < 4.78 is 0. The molecular formula is C12H20ClN5O. The third-order valence-corrected chi connectivity index (χ3v) is 3.77. The molecule has 1 heterocycles.